The second-order valence-electron chi connectivity index (χ2n) is 4.73. The number of nitrogens with one attached hydrogen (secondary N) is 1. The minimum Gasteiger partial charge on any atom is -0.444 e. The highest BCUT2D eigenvalue weighted by molar-refractivity contribution is 9.10. The molecule has 0 aliphatic heterocycles. The Morgan fingerprint density at radius 1 is 1.58 bits per heavy atom. The van der Waals surface area contributed by atoms with Gasteiger partial charge in [0.15, 0.2) is 5.58 Å². The quantitative estimate of drug-likeness (QED) is 0.937. The Balaban J connectivity index is 2.30. The first-order chi connectivity index (χ1) is 9.01. The van der Waals surface area contributed by atoms with E-state index in [1.165, 1.54) is 0 Å². The molecular formula is C13H15BrN4O. The van der Waals surface area contributed by atoms with Crippen LogP contribution in [0, 0.1) is 11.3 Å². The van der Waals surface area contributed by atoms with E-state index in [1.807, 2.05) is 20.2 Å². The predicted molar refractivity (Wildman–Crippen MR) is 78.1 cm³/mol. The number of nitrogens with zero attached hydrogens (tertiary/aromatic N) is 3. The first kappa shape index (κ1) is 13.8. The average molecular weight is 323 g/mol. The van der Waals surface area contributed by atoms with Crippen molar-refractivity contribution in [2.24, 2.45) is 0 Å². The zero-order valence-electron chi connectivity index (χ0n) is 11.1. The van der Waals surface area contributed by atoms with Crippen molar-refractivity contribution < 1.29 is 4.42 Å². The summed E-state index contributed by atoms with van der Waals surface area (Å²) in [4.78, 5) is 6.43. The smallest absolute Gasteiger partial charge is 0.204 e. The number of halogens is 1. The number of furan rings is 1. The highest BCUT2D eigenvalue weighted by Gasteiger charge is 2.13. The largest absolute Gasteiger partial charge is 0.444 e. The van der Waals surface area contributed by atoms with Crippen molar-refractivity contribution in [2.45, 2.75) is 13.0 Å². The second-order valence-corrected chi connectivity index (χ2v) is 5.52. The van der Waals surface area contributed by atoms with Crippen LogP contribution >= 0.6 is 15.9 Å². The van der Waals surface area contributed by atoms with Crippen molar-refractivity contribution in [3.8, 4) is 6.07 Å². The Hall–Kier alpha value is -1.58. The number of hydrogen-bond acceptors (Lipinski definition) is 5. The number of aromatic nitrogens is 1. The predicted octanol–water partition coefficient (Wildman–Crippen LogP) is 2.82. The SMILES string of the molecule is C[C@@H](CN(C)C)Nc1ncc2oc(C#N)cc2c1Br. The third kappa shape index (κ3) is 3.06. The Morgan fingerprint density at radius 3 is 2.95 bits per heavy atom. The number of likely N-dealkylation sites (N-methyl/N-ethyl adjacent to an activating group) is 1. The third-order valence-electron chi connectivity index (χ3n) is 2.65. The number of nitriles is 1. The summed E-state index contributed by atoms with van der Waals surface area (Å²) in [6.07, 6.45) is 1.63. The molecule has 0 saturated heterocycles. The molecule has 2 rings (SSSR count). The molecule has 0 saturated carbocycles. The van der Waals surface area contributed by atoms with Gasteiger partial charge in [-0.15, -0.1) is 0 Å². The minimum absolute atomic E-state index is 0.263. The monoisotopic (exact) mass is 322 g/mol. The van der Waals surface area contributed by atoms with Gasteiger partial charge in [-0.05, 0) is 36.9 Å². The van der Waals surface area contributed by atoms with Crippen molar-refractivity contribution in [2.75, 3.05) is 26.0 Å². The van der Waals surface area contributed by atoms with Gasteiger partial charge in [0, 0.05) is 24.0 Å². The van der Waals surface area contributed by atoms with E-state index in [-0.39, 0.29) is 11.8 Å². The van der Waals surface area contributed by atoms with E-state index in [9.17, 15) is 0 Å². The molecule has 0 bridgehead atoms. The van der Waals surface area contributed by atoms with Gasteiger partial charge in [0.1, 0.15) is 11.9 Å². The number of rotatable bonds is 4. The summed E-state index contributed by atoms with van der Waals surface area (Å²) >= 11 is 3.51. The van der Waals surface area contributed by atoms with Crippen LogP contribution in [0.4, 0.5) is 5.82 Å². The van der Waals surface area contributed by atoms with Crippen molar-refractivity contribution in [1.29, 1.82) is 5.26 Å². The van der Waals surface area contributed by atoms with Gasteiger partial charge in [0.25, 0.3) is 0 Å². The fourth-order valence-corrected chi connectivity index (χ4v) is 2.49. The van der Waals surface area contributed by atoms with Crippen LogP contribution in [0.15, 0.2) is 21.2 Å². The topological polar surface area (TPSA) is 65.1 Å². The molecule has 6 heteroatoms. The maximum Gasteiger partial charge on any atom is 0.204 e. The van der Waals surface area contributed by atoms with E-state index in [4.69, 9.17) is 9.68 Å². The molecule has 2 aromatic rings. The third-order valence-corrected chi connectivity index (χ3v) is 3.45. The van der Waals surface area contributed by atoms with E-state index >= 15 is 0 Å². The molecule has 0 amide bonds. The molecular weight excluding hydrogens is 308 g/mol. The molecule has 1 atom stereocenters. The molecule has 0 fully saturated rings. The summed E-state index contributed by atoms with van der Waals surface area (Å²) in [5, 5.41) is 13.0. The fraction of sp³-hybridized carbons (Fsp3) is 0.385. The Kier molecular flexibility index (Phi) is 4.08. The van der Waals surface area contributed by atoms with Crippen LogP contribution in [0.3, 0.4) is 0 Å². The van der Waals surface area contributed by atoms with Gasteiger partial charge in [-0.1, -0.05) is 0 Å². The Labute approximate surface area is 120 Å². The molecule has 2 aromatic heterocycles. The average Bonchev–Trinajstić information content (AvgIpc) is 2.76. The number of fused-ring (bicyclic) bond motifs is 1. The van der Waals surface area contributed by atoms with Crippen LogP contribution in [0.1, 0.15) is 12.7 Å². The van der Waals surface area contributed by atoms with Gasteiger partial charge in [-0.3, -0.25) is 0 Å². The van der Waals surface area contributed by atoms with Crippen molar-refractivity contribution in [1.82, 2.24) is 9.88 Å². The van der Waals surface area contributed by atoms with Crippen LogP contribution in [0.25, 0.3) is 11.0 Å². The summed E-state index contributed by atoms with van der Waals surface area (Å²) in [6, 6.07) is 3.96. The highest BCUT2D eigenvalue weighted by atomic mass is 79.9. The number of pyridine rings is 1. The maximum absolute atomic E-state index is 8.84. The van der Waals surface area contributed by atoms with E-state index < -0.39 is 0 Å². The van der Waals surface area contributed by atoms with Gasteiger partial charge >= 0.3 is 0 Å². The van der Waals surface area contributed by atoms with Gasteiger partial charge in [-0.2, -0.15) is 5.26 Å². The lowest BCUT2D eigenvalue weighted by molar-refractivity contribution is 0.392. The van der Waals surface area contributed by atoms with E-state index in [0.717, 1.165) is 22.2 Å². The highest BCUT2D eigenvalue weighted by Crippen LogP contribution is 2.31. The summed E-state index contributed by atoms with van der Waals surface area (Å²) < 4.78 is 6.15. The van der Waals surface area contributed by atoms with Crippen LogP contribution in [-0.4, -0.2) is 36.6 Å². The minimum atomic E-state index is 0.263. The molecule has 1 N–H and O–H groups in total. The van der Waals surface area contributed by atoms with Gasteiger partial charge in [0.05, 0.1) is 10.7 Å². The van der Waals surface area contributed by atoms with Crippen molar-refractivity contribution in [3.05, 3.63) is 22.5 Å². The normalized spacial score (nSPS) is 12.6. The van der Waals surface area contributed by atoms with E-state index in [1.54, 1.807) is 12.3 Å². The first-order valence-corrected chi connectivity index (χ1v) is 6.70. The lowest BCUT2D eigenvalue weighted by Crippen LogP contribution is -2.30. The Bertz CT molecular complexity index is 629. The van der Waals surface area contributed by atoms with Crippen LogP contribution in [-0.2, 0) is 0 Å². The molecule has 100 valence electrons. The second kappa shape index (κ2) is 5.59. The van der Waals surface area contributed by atoms with Crippen LogP contribution in [0.2, 0.25) is 0 Å². The van der Waals surface area contributed by atoms with Gasteiger partial charge in [0.2, 0.25) is 5.76 Å². The van der Waals surface area contributed by atoms with Gasteiger partial charge in [-0.25, -0.2) is 4.98 Å². The van der Waals surface area contributed by atoms with Crippen molar-refractivity contribution in [3.63, 3.8) is 0 Å². The molecule has 0 aromatic carbocycles. The summed E-state index contributed by atoms with van der Waals surface area (Å²) in [5.41, 5.74) is 0.606. The standard InChI is InChI=1S/C13H15BrN4O/c1-8(7-18(2)3)17-13-12(14)10-4-9(5-15)19-11(10)6-16-13/h4,6,8H,7H2,1-3H3,(H,16,17)/t8-/m0/s1. The van der Waals surface area contributed by atoms with Crippen LogP contribution < -0.4 is 5.32 Å². The lowest BCUT2D eigenvalue weighted by atomic mass is 10.2. The number of hydrogen-bond donors (Lipinski definition) is 1. The maximum atomic E-state index is 8.84. The fourth-order valence-electron chi connectivity index (χ4n) is 1.96. The summed E-state index contributed by atoms with van der Waals surface area (Å²) in [5.74, 6) is 1.04. The first-order valence-electron chi connectivity index (χ1n) is 5.90. The molecule has 19 heavy (non-hydrogen) atoms. The zero-order chi connectivity index (χ0) is 14.0. The molecule has 0 radical (unpaired) electrons. The summed E-state index contributed by atoms with van der Waals surface area (Å²) in [7, 11) is 4.05. The molecule has 0 unspecified atom stereocenters. The molecule has 2 heterocycles. The molecule has 5 nitrogen and oxygen atoms in total. The number of anilines is 1. The zero-order valence-corrected chi connectivity index (χ0v) is 12.7. The van der Waals surface area contributed by atoms with Gasteiger partial charge < -0.3 is 14.6 Å². The molecule has 0 spiro atoms. The molecule has 0 aliphatic carbocycles. The van der Waals surface area contributed by atoms with E-state index in [0.29, 0.717) is 5.58 Å². The van der Waals surface area contributed by atoms with Crippen molar-refractivity contribution >= 4 is 32.7 Å². The lowest BCUT2D eigenvalue weighted by Gasteiger charge is -2.19. The van der Waals surface area contributed by atoms with Crippen LogP contribution in [0.5, 0.6) is 0 Å². The summed E-state index contributed by atoms with van der Waals surface area (Å²) in [6.45, 7) is 3.00. The Morgan fingerprint density at radius 2 is 2.32 bits per heavy atom. The molecule has 0 aliphatic rings. The van der Waals surface area contributed by atoms with E-state index in [2.05, 4.69) is 38.1 Å².